The number of primary amides is 1. The molecule has 1 fully saturated rings. The monoisotopic (exact) mass is 226 g/mol. The van der Waals surface area contributed by atoms with Crippen LogP contribution in [0.2, 0.25) is 0 Å². The second-order valence-corrected chi connectivity index (χ2v) is 4.59. The number of carbonyl (C=O) groups is 2. The summed E-state index contributed by atoms with van der Waals surface area (Å²) in [5.41, 5.74) is 5.43. The van der Waals surface area contributed by atoms with Gasteiger partial charge in [0.05, 0.1) is 6.04 Å². The zero-order chi connectivity index (χ0) is 12.0. The lowest BCUT2D eigenvalue weighted by molar-refractivity contribution is -0.125. The number of nitrogens with zero attached hydrogens (tertiary/aromatic N) is 1. The fourth-order valence-electron chi connectivity index (χ4n) is 2.34. The molecular weight excluding hydrogens is 204 g/mol. The van der Waals surface area contributed by atoms with E-state index in [0.717, 1.165) is 44.9 Å². The predicted octanol–water partition coefficient (Wildman–Crippen LogP) is 0.941. The first-order valence-corrected chi connectivity index (χ1v) is 6.17. The molecule has 2 atom stereocenters. The van der Waals surface area contributed by atoms with Crippen molar-refractivity contribution in [1.82, 2.24) is 4.90 Å². The molecule has 0 radical (unpaired) electrons. The summed E-state index contributed by atoms with van der Waals surface area (Å²) in [6.07, 6.45) is 5.82. The number of nitrogens with two attached hydrogens (primary N) is 1. The van der Waals surface area contributed by atoms with E-state index < -0.39 is 0 Å². The van der Waals surface area contributed by atoms with E-state index in [4.69, 9.17) is 5.73 Å². The minimum absolute atomic E-state index is 0.0808. The van der Waals surface area contributed by atoms with E-state index in [1.54, 1.807) is 0 Å². The summed E-state index contributed by atoms with van der Waals surface area (Å²) in [7, 11) is 0. The maximum absolute atomic E-state index is 11.4. The molecule has 1 rings (SSSR count). The molecule has 1 saturated heterocycles. The quantitative estimate of drug-likeness (QED) is 0.686. The number of rotatable bonds is 6. The molecule has 0 aromatic heterocycles. The van der Waals surface area contributed by atoms with Crippen molar-refractivity contribution in [2.75, 3.05) is 13.1 Å². The lowest BCUT2D eigenvalue weighted by atomic mass is 9.96. The summed E-state index contributed by atoms with van der Waals surface area (Å²) < 4.78 is 0. The first kappa shape index (κ1) is 13.2. The van der Waals surface area contributed by atoms with Crippen molar-refractivity contribution < 1.29 is 9.59 Å². The van der Waals surface area contributed by atoms with Gasteiger partial charge in [0, 0.05) is 12.5 Å². The molecule has 0 bridgehead atoms. The Morgan fingerprint density at radius 3 is 2.94 bits per heavy atom. The fraction of sp³-hybridized carbons (Fsp3) is 0.833. The van der Waals surface area contributed by atoms with Gasteiger partial charge in [0.25, 0.3) is 0 Å². The summed E-state index contributed by atoms with van der Waals surface area (Å²) in [5.74, 6) is -0.169. The zero-order valence-electron chi connectivity index (χ0n) is 10.0. The molecule has 1 aliphatic heterocycles. The second-order valence-electron chi connectivity index (χ2n) is 4.59. The normalized spacial score (nSPS) is 23.9. The zero-order valence-corrected chi connectivity index (χ0v) is 10.0. The molecule has 92 valence electrons. The Kier molecular flexibility index (Phi) is 5.46. The summed E-state index contributed by atoms with van der Waals surface area (Å²) in [5, 5.41) is 0. The number of hydrogen-bond donors (Lipinski definition) is 1. The van der Waals surface area contributed by atoms with Gasteiger partial charge < -0.3 is 10.5 Å². The van der Waals surface area contributed by atoms with Crippen molar-refractivity contribution in [3.63, 3.8) is 0 Å². The van der Waals surface area contributed by atoms with Crippen LogP contribution in [0.15, 0.2) is 0 Å². The summed E-state index contributed by atoms with van der Waals surface area (Å²) in [6.45, 7) is 3.69. The molecule has 16 heavy (non-hydrogen) atoms. The Balaban J connectivity index is 2.55. The third kappa shape index (κ3) is 3.59. The van der Waals surface area contributed by atoms with Crippen LogP contribution in [-0.2, 0) is 9.59 Å². The largest absolute Gasteiger partial charge is 0.368 e. The van der Waals surface area contributed by atoms with Crippen LogP contribution in [0, 0.1) is 5.92 Å². The lowest BCUT2D eigenvalue weighted by Crippen LogP contribution is -2.49. The molecule has 0 saturated carbocycles. The number of piperidine rings is 1. The van der Waals surface area contributed by atoms with Gasteiger partial charge in [-0.3, -0.25) is 9.69 Å². The van der Waals surface area contributed by atoms with Crippen molar-refractivity contribution in [2.45, 2.75) is 45.1 Å². The minimum atomic E-state index is -0.250. The SMILES string of the molecule is CCCCC(C(N)=O)N1CCCC(C=O)C1. The Bertz CT molecular complexity index is 243. The van der Waals surface area contributed by atoms with E-state index in [2.05, 4.69) is 11.8 Å². The molecule has 0 spiro atoms. The molecule has 2 N–H and O–H groups in total. The van der Waals surface area contributed by atoms with Gasteiger partial charge in [-0.1, -0.05) is 19.8 Å². The van der Waals surface area contributed by atoms with Gasteiger partial charge in [-0.15, -0.1) is 0 Å². The Morgan fingerprint density at radius 1 is 1.62 bits per heavy atom. The number of amides is 1. The molecule has 0 aliphatic carbocycles. The molecule has 0 aromatic rings. The second kappa shape index (κ2) is 6.63. The van der Waals surface area contributed by atoms with Gasteiger partial charge in [-0.05, 0) is 25.8 Å². The van der Waals surface area contributed by atoms with Gasteiger partial charge in [-0.2, -0.15) is 0 Å². The van der Waals surface area contributed by atoms with E-state index in [0.29, 0.717) is 6.54 Å². The van der Waals surface area contributed by atoms with E-state index in [-0.39, 0.29) is 17.9 Å². The molecule has 1 amide bonds. The van der Waals surface area contributed by atoms with Crippen molar-refractivity contribution >= 4 is 12.2 Å². The molecule has 1 heterocycles. The maximum Gasteiger partial charge on any atom is 0.234 e. The van der Waals surface area contributed by atoms with Gasteiger partial charge >= 0.3 is 0 Å². The highest BCUT2D eigenvalue weighted by atomic mass is 16.1. The molecule has 1 aliphatic rings. The van der Waals surface area contributed by atoms with Crippen LogP contribution in [0.3, 0.4) is 0 Å². The van der Waals surface area contributed by atoms with Crippen LogP contribution < -0.4 is 5.73 Å². The summed E-state index contributed by atoms with van der Waals surface area (Å²) >= 11 is 0. The Morgan fingerprint density at radius 2 is 2.38 bits per heavy atom. The van der Waals surface area contributed by atoms with Crippen LogP contribution in [0.1, 0.15) is 39.0 Å². The fourth-order valence-corrected chi connectivity index (χ4v) is 2.34. The highest BCUT2D eigenvalue weighted by Crippen LogP contribution is 2.19. The van der Waals surface area contributed by atoms with Crippen LogP contribution in [0.4, 0.5) is 0 Å². The lowest BCUT2D eigenvalue weighted by Gasteiger charge is -2.35. The third-order valence-corrected chi connectivity index (χ3v) is 3.28. The van der Waals surface area contributed by atoms with Gasteiger partial charge in [0.2, 0.25) is 5.91 Å². The smallest absolute Gasteiger partial charge is 0.234 e. The number of hydrogen-bond acceptors (Lipinski definition) is 3. The first-order valence-electron chi connectivity index (χ1n) is 6.17. The molecular formula is C12H22N2O2. The molecule has 4 nitrogen and oxygen atoms in total. The third-order valence-electron chi connectivity index (χ3n) is 3.28. The van der Waals surface area contributed by atoms with Gasteiger partial charge in [0.15, 0.2) is 0 Å². The number of carbonyl (C=O) groups excluding carboxylic acids is 2. The summed E-state index contributed by atoms with van der Waals surface area (Å²) in [6, 6.07) is -0.178. The molecule has 2 unspecified atom stereocenters. The molecule has 4 heteroatoms. The van der Waals surface area contributed by atoms with Crippen molar-refractivity contribution in [2.24, 2.45) is 11.7 Å². The van der Waals surface area contributed by atoms with Crippen LogP contribution >= 0.6 is 0 Å². The highest BCUT2D eigenvalue weighted by molar-refractivity contribution is 5.79. The highest BCUT2D eigenvalue weighted by Gasteiger charge is 2.28. The average Bonchev–Trinajstić information content (AvgIpc) is 2.29. The Hall–Kier alpha value is -0.900. The summed E-state index contributed by atoms with van der Waals surface area (Å²) in [4.78, 5) is 24.2. The number of aldehydes is 1. The van der Waals surface area contributed by atoms with Crippen LogP contribution in [-0.4, -0.2) is 36.2 Å². The average molecular weight is 226 g/mol. The first-order chi connectivity index (χ1) is 7.69. The standard InChI is InChI=1S/C12H22N2O2/c1-2-3-6-11(12(13)16)14-7-4-5-10(8-14)9-15/h9-11H,2-8H2,1H3,(H2,13,16). The predicted molar refractivity (Wildman–Crippen MR) is 62.9 cm³/mol. The van der Waals surface area contributed by atoms with Gasteiger partial charge in [-0.25, -0.2) is 0 Å². The van der Waals surface area contributed by atoms with Crippen LogP contribution in [0.25, 0.3) is 0 Å². The van der Waals surface area contributed by atoms with Crippen molar-refractivity contribution in [1.29, 1.82) is 0 Å². The number of likely N-dealkylation sites (tertiary alicyclic amines) is 1. The van der Waals surface area contributed by atoms with Crippen molar-refractivity contribution in [3.8, 4) is 0 Å². The van der Waals surface area contributed by atoms with E-state index in [1.807, 2.05) is 0 Å². The topological polar surface area (TPSA) is 63.4 Å². The van der Waals surface area contributed by atoms with E-state index in [1.165, 1.54) is 0 Å². The van der Waals surface area contributed by atoms with E-state index >= 15 is 0 Å². The minimum Gasteiger partial charge on any atom is -0.368 e. The van der Waals surface area contributed by atoms with Gasteiger partial charge in [0.1, 0.15) is 6.29 Å². The van der Waals surface area contributed by atoms with Crippen LogP contribution in [0.5, 0.6) is 0 Å². The maximum atomic E-state index is 11.4. The van der Waals surface area contributed by atoms with E-state index in [9.17, 15) is 9.59 Å². The molecule has 0 aromatic carbocycles. The van der Waals surface area contributed by atoms with Crippen molar-refractivity contribution in [3.05, 3.63) is 0 Å². The number of unbranched alkanes of at least 4 members (excludes halogenated alkanes) is 1. The Labute approximate surface area is 97.2 Å².